The first-order valence-corrected chi connectivity index (χ1v) is 12.7. The van der Waals surface area contributed by atoms with Gasteiger partial charge in [0.05, 0.1) is 7.11 Å². The van der Waals surface area contributed by atoms with Crippen LogP contribution in [0.15, 0.2) is 24.3 Å². The van der Waals surface area contributed by atoms with E-state index >= 15 is 0 Å². The van der Waals surface area contributed by atoms with E-state index in [1.54, 1.807) is 7.11 Å². The minimum Gasteiger partial charge on any atom is -0.497 e. The van der Waals surface area contributed by atoms with E-state index in [2.05, 4.69) is 65.1 Å². The van der Waals surface area contributed by atoms with Crippen molar-refractivity contribution >= 4 is 17.4 Å². The predicted molar refractivity (Wildman–Crippen MR) is 92.6 cm³/mol. The smallest absolute Gasteiger partial charge is 0.189 e. The molecular weight excluding hydrogens is 280 g/mol. The van der Waals surface area contributed by atoms with Gasteiger partial charge in [-0.1, -0.05) is 39.8 Å². The van der Waals surface area contributed by atoms with Crippen molar-refractivity contribution < 1.29 is 8.85 Å². The van der Waals surface area contributed by atoms with Gasteiger partial charge >= 0.3 is 0 Å². The zero-order chi connectivity index (χ0) is 15.3. The van der Waals surface area contributed by atoms with Crippen molar-refractivity contribution in [1.29, 1.82) is 0 Å². The fourth-order valence-corrected chi connectivity index (χ4v) is 11.9. The molecule has 0 spiro atoms. The lowest BCUT2D eigenvalue weighted by Gasteiger charge is -2.41. The summed E-state index contributed by atoms with van der Waals surface area (Å²) in [5.41, 5.74) is 2.66. The van der Waals surface area contributed by atoms with Crippen LogP contribution in [0.1, 0.15) is 33.3 Å². The third-order valence-corrected chi connectivity index (χ3v) is 12.6. The summed E-state index contributed by atoms with van der Waals surface area (Å²) in [5.74, 6) is 0.925. The molecule has 0 amide bonds. The van der Waals surface area contributed by atoms with Gasteiger partial charge in [0.25, 0.3) is 0 Å². The zero-order valence-electron chi connectivity index (χ0n) is 14.1. The highest BCUT2D eigenvalue weighted by Crippen LogP contribution is 2.37. The van der Waals surface area contributed by atoms with Gasteiger partial charge in [0.1, 0.15) is 5.75 Å². The highest BCUT2D eigenvalue weighted by atomic mass is 28.4. The van der Waals surface area contributed by atoms with Gasteiger partial charge in [0.2, 0.25) is 0 Å². The summed E-state index contributed by atoms with van der Waals surface area (Å²) in [4.78, 5) is 0. The standard InChI is InChI=1S/C16H30O2Si2/c1-13(2)20(14(3)4,18-19(6)7)12-15-8-10-16(17-5)11-9-15/h8-11,13-14,19H,12H2,1-7H3. The Morgan fingerprint density at radius 1 is 1.00 bits per heavy atom. The van der Waals surface area contributed by atoms with Crippen molar-refractivity contribution in [2.75, 3.05) is 7.11 Å². The second-order valence-electron chi connectivity index (χ2n) is 6.46. The van der Waals surface area contributed by atoms with Crippen LogP contribution in [0.3, 0.4) is 0 Å². The van der Waals surface area contributed by atoms with Gasteiger partial charge in [-0.25, -0.2) is 0 Å². The molecule has 0 N–H and O–H groups in total. The maximum absolute atomic E-state index is 6.67. The zero-order valence-corrected chi connectivity index (χ0v) is 16.2. The van der Waals surface area contributed by atoms with E-state index in [0.29, 0.717) is 11.1 Å². The Labute approximate surface area is 127 Å². The van der Waals surface area contributed by atoms with Crippen molar-refractivity contribution in [3.05, 3.63) is 29.8 Å². The second-order valence-corrected chi connectivity index (χ2v) is 14.1. The van der Waals surface area contributed by atoms with Crippen molar-refractivity contribution in [3.8, 4) is 5.75 Å². The van der Waals surface area contributed by atoms with E-state index < -0.39 is 17.4 Å². The van der Waals surface area contributed by atoms with Crippen molar-refractivity contribution in [3.63, 3.8) is 0 Å². The molecule has 0 aliphatic carbocycles. The molecule has 0 saturated heterocycles. The normalized spacial score (nSPS) is 12.5. The largest absolute Gasteiger partial charge is 0.497 e. The van der Waals surface area contributed by atoms with Crippen molar-refractivity contribution in [2.24, 2.45) is 0 Å². The molecular formula is C16H30O2Si2. The number of methoxy groups -OCH3 is 1. The third kappa shape index (κ3) is 4.20. The van der Waals surface area contributed by atoms with Gasteiger partial charge in [-0.3, -0.25) is 0 Å². The second kappa shape index (κ2) is 7.43. The van der Waals surface area contributed by atoms with Crippen LogP contribution in [0.5, 0.6) is 5.75 Å². The highest BCUT2D eigenvalue weighted by Gasteiger charge is 2.42. The van der Waals surface area contributed by atoms with Crippen LogP contribution in [0.25, 0.3) is 0 Å². The molecule has 2 nitrogen and oxygen atoms in total. The fourth-order valence-electron chi connectivity index (χ4n) is 2.89. The number of ether oxygens (including phenoxy) is 1. The van der Waals surface area contributed by atoms with Crippen LogP contribution >= 0.6 is 0 Å². The minimum atomic E-state index is -1.76. The van der Waals surface area contributed by atoms with Crippen molar-refractivity contribution in [2.45, 2.75) is 57.9 Å². The summed E-state index contributed by atoms with van der Waals surface area (Å²) in [7, 11) is -1.08. The van der Waals surface area contributed by atoms with E-state index in [9.17, 15) is 0 Å². The van der Waals surface area contributed by atoms with Gasteiger partial charge in [-0.15, -0.1) is 0 Å². The van der Waals surface area contributed by atoms with Crippen LogP contribution < -0.4 is 4.74 Å². The Kier molecular flexibility index (Phi) is 6.49. The van der Waals surface area contributed by atoms with Crippen LogP contribution in [0, 0.1) is 0 Å². The van der Waals surface area contributed by atoms with Crippen LogP contribution in [0.4, 0.5) is 0 Å². The number of rotatable bonds is 7. The van der Waals surface area contributed by atoms with Gasteiger partial charge < -0.3 is 8.85 Å². The molecule has 1 rings (SSSR count). The van der Waals surface area contributed by atoms with E-state index in [4.69, 9.17) is 8.85 Å². The van der Waals surface area contributed by atoms with E-state index in [1.807, 2.05) is 0 Å². The van der Waals surface area contributed by atoms with Crippen molar-refractivity contribution in [1.82, 2.24) is 0 Å². The van der Waals surface area contributed by atoms with Crippen LogP contribution in [-0.2, 0) is 10.2 Å². The molecule has 4 heteroatoms. The Balaban J connectivity index is 3.03. The number of hydrogen-bond acceptors (Lipinski definition) is 2. The predicted octanol–water partition coefficient (Wildman–Crippen LogP) is 4.54. The highest BCUT2D eigenvalue weighted by molar-refractivity contribution is 6.81. The summed E-state index contributed by atoms with van der Waals surface area (Å²) in [6.45, 7) is 13.9. The maximum atomic E-state index is 6.67. The van der Waals surface area contributed by atoms with Gasteiger partial charge in [0.15, 0.2) is 17.4 Å². The fraction of sp³-hybridized carbons (Fsp3) is 0.625. The summed E-state index contributed by atoms with van der Waals surface area (Å²) in [5, 5.41) is 0. The van der Waals surface area contributed by atoms with Crippen LogP contribution in [0.2, 0.25) is 24.2 Å². The molecule has 0 fully saturated rings. The molecule has 0 aromatic heterocycles. The Hall–Kier alpha value is -0.586. The molecule has 0 radical (unpaired) electrons. The number of hydrogen-bond donors (Lipinski definition) is 0. The molecule has 0 saturated carbocycles. The quantitative estimate of drug-likeness (QED) is 0.688. The molecule has 0 aliphatic rings. The SMILES string of the molecule is COc1ccc(C[Si](O[SiH](C)C)(C(C)C)C(C)C)cc1. The molecule has 0 aliphatic heterocycles. The molecule has 20 heavy (non-hydrogen) atoms. The molecule has 0 heterocycles. The first kappa shape index (κ1) is 17.5. The third-order valence-electron chi connectivity index (χ3n) is 4.05. The maximum Gasteiger partial charge on any atom is 0.189 e. The average molecular weight is 311 g/mol. The van der Waals surface area contributed by atoms with Gasteiger partial charge in [-0.05, 0) is 47.9 Å². The summed E-state index contributed by atoms with van der Waals surface area (Å²) in [6, 6.07) is 9.61. The van der Waals surface area contributed by atoms with Gasteiger partial charge in [0, 0.05) is 0 Å². The Morgan fingerprint density at radius 2 is 1.50 bits per heavy atom. The van der Waals surface area contributed by atoms with E-state index in [1.165, 1.54) is 5.56 Å². The summed E-state index contributed by atoms with van der Waals surface area (Å²) < 4.78 is 11.9. The topological polar surface area (TPSA) is 18.5 Å². The van der Waals surface area contributed by atoms with E-state index in [0.717, 1.165) is 11.8 Å². The molecule has 0 unspecified atom stereocenters. The van der Waals surface area contributed by atoms with Crippen LogP contribution in [-0.4, -0.2) is 24.5 Å². The molecule has 114 valence electrons. The first-order chi connectivity index (χ1) is 9.31. The van der Waals surface area contributed by atoms with E-state index in [-0.39, 0.29) is 0 Å². The lowest BCUT2D eigenvalue weighted by molar-refractivity contribution is 0.414. The Morgan fingerprint density at radius 3 is 1.85 bits per heavy atom. The van der Waals surface area contributed by atoms with Gasteiger partial charge in [-0.2, -0.15) is 0 Å². The number of benzene rings is 1. The summed E-state index contributed by atoms with van der Waals surface area (Å²) >= 11 is 0. The lowest BCUT2D eigenvalue weighted by Crippen LogP contribution is -2.50. The molecule has 1 aromatic carbocycles. The molecule has 0 atom stereocenters. The lowest BCUT2D eigenvalue weighted by atomic mass is 10.2. The minimum absolute atomic E-state index is 0.638. The monoisotopic (exact) mass is 310 g/mol. The summed E-state index contributed by atoms with van der Waals surface area (Å²) in [6.07, 6.45) is 0. The first-order valence-electron chi connectivity index (χ1n) is 7.62. The molecule has 0 bridgehead atoms. The Bertz CT molecular complexity index is 391. The molecule has 1 aromatic rings. The average Bonchev–Trinajstić information content (AvgIpc) is 2.37.